The normalized spacial score (nSPS) is 18.8. The predicted octanol–water partition coefficient (Wildman–Crippen LogP) is 5.41. The zero-order valence-corrected chi connectivity index (χ0v) is 16.2. The summed E-state index contributed by atoms with van der Waals surface area (Å²) in [5.74, 6) is 0. The Morgan fingerprint density at radius 2 is 1.71 bits per heavy atom. The van der Waals surface area contributed by atoms with Crippen molar-refractivity contribution in [3.05, 3.63) is 94.2 Å². The fraction of sp³-hybridized carbons (Fsp3) is 0.0952. The summed E-state index contributed by atoms with van der Waals surface area (Å²) < 4.78 is 13.4. The molecule has 2 unspecified atom stereocenters. The molecule has 0 saturated heterocycles. The van der Waals surface area contributed by atoms with Crippen LogP contribution in [0.3, 0.4) is 0 Å². The molecule has 0 aliphatic carbocycles. The van der Waals surface area contributed by atoms with Gasteiger partial charge in [-0.1, -0.05) is 54.1 Å². The minimum absolute atomic E-state index is 0.114. The molecular formula is C21H16ClN2O3S-. The zero-order valence-electron chi connectivity index (χ0n) is 14.7. The van der Waals surface area contributed by atoms with Crippen molar-refractivity contribution in [3.63, 3.8) is 0 Å². The average molecular weight is 412 g/mol. The van der Waals surface area contributed by atoms with E-state index in [4.69, 9.17) is 21.8 Å². The number of benzene rings is 3. The van der Waals surface area contributed by atoms with Crippen LogP contribution in [0.4, 0.5) is 11.4 Å². The van der Waals surface area contributed by atoms with E-state index in [2.05, 4.69) is 0 Å². The van der Waals surface area contributed by atoms with E-state index in [9.17, 15) is 9.42 Å². The second-order valence-corrected chi connectivity index (χ2v) is 8.37. The summed E-state index contributed by atoms with van der Waals surface area (Å²) in [6.07, 6.45) is 0.421. The maximum absolute atomic E-state index is 13.4. The summed E-state index contributed by atoms with van der Waals surface area (Å²) in [5.41, 5.74) is 3.13. The predicted molar refractivity (Wildman–Crippen MR) is 112 cm³/mol. The molecular weight excluding hydrogens is 396 g/mol. The maximum atomic E-state index is 13.4. The Morgan fingerprint density at radius 3 is 2.43 bits per heavy atom. The van der Waals surface area contributed by atoms with E-state index in [-0.39, 0.29) is 16.2 Å². The first-order chi connectivity index (χ1) is 13.5. The van der Waals surface area contributed by atoms with Gasteiger partial charge in [-0.2, -0.15) is 0 Å². The van der Waals surface area contributed by atoms with Gasteiger partial charge >= 0.3 is 0 Å². The highest BCUT2D eigenvalue weighted by Crippen LogP contribution is 2.39. The number of fused-ring (bicyclic) bond motifs is 1. The fourth-order valence-electron chi connectivity index (χ4n) is 3.24. The first kappa shape index (κ1) is 18.8. The standard InChI is InChI=1S/C21H16ClN2O3S/c22-17-6-2-1-5-16(17)19-13-21(14-9-11-15(12-10-14)24(25)26)28(27)20-8-4-3-7-18(20)23-19/h1-12,21,25H,13H2/q-1. The van der Waals surface area contributed by atoms with E-state index >= 15 is 0 Å². The molecule has 0 fully saturated rings. The lowest BCUT2D eigenvalue weighted by Crippen LogP contribution is -2.12. The lowest BCUT2D eigenvalue weighted by Gasteiger charge is -2.22. The summed E-state index contributed by atoms with van der Waals surface area (Å²) in [7, 11) is -1.35. The van der Waals surface area contributed by atoms with Gasteiger partial charge in [-0.05, 0) is 35.9 Å². The second-order valence-electron chi connectivity index (χ2n) is 6.36. The molecule has 0 radical (unpaired) electrons. The van der Waals surface area contributed by atoms with Crippen LogP contribution in [0.25, 0.3) is 0 Å². The quantitative estimate of drug-likeness (QED) is 0.585. The molecule has 0 bridgehead atoms. The van der Waals surface area contributed by atoms with Crippen molar-refractivity contribution in [1.82, 2.24) is 0 Å². The topological polar surface area (TPSA) is 76.0 Å². The summed E-state index contributed by atoms with van der Waals surface area (Å²) in [5, 5.41) is 20.1. The number of nitrogens with zero attached hydrogens (tertiary/aromatic N) is 2. The highest BCUT2D eigenvalue weighted by molar-refractivity contribution is 7.85. The molecule has 0 aromatic heterocycles. The van der Waals surface area contributed by atoms with Crippen LogP contribution in [-0.2, 0) is 10.8 Å². The number of anilines is 1. The van der Waals surface area contributed by atoms with Gasteiger partial charge in [0, 0.05) is 17.0 Å². The molecule has 0 spiro atoms. The molecule has 28 heavy (non-hydrogen) atoms. The van der Waals surface area contributed by atoms with Crippen molar-refractivity contribution in [3.8, 4) is 0 Å². The molecule has 7 heteroatoms. The minimum atomic E-state index is -1.35. The molecule has 1 heterocycles. The van der Waals surface area contributed by atoms with Crippen molar-refractivity contribution in [2.45, 2.75) is 16.6 Å². The van der Waals surface area contributed by atoms with Gasteiger partial charge < -0.3 is 10.4 Å². The van der Waals surface area contributed by atoms with Crippen LogP contribution in [0.15, 0.2) is 82.7 Å². The van der Waals surface area contributed by atoms with E-state index in [1.165, 1.54) is 12.1 Å². The summed E-state index contributed by atoms with van der Waals surface area (Å²) in [4.78, 5) is 5.44. The van der Waals surface area contributed by atoms with Gasteiger partial charge in [-0.3, -0.25) is 14.4 Å². The Kier molecular flexibility index (Phi) is 5.28. The lowest BCUT2D eigenvalue weighted by atomic mass is 10.0. The van der Waals surface area contributed by atoms with Gasteiger partial charge in [0.2, 0.25) is 0 Å². The Morgan fingerprint density at radius 1 is 1.04 bits per heavy atom. The molecule has 1 aliphatic heterocycles. The third-order valence-electron chi connectivity index (χ3n) is 4.65. The zero-order chi connectivity index (χ0) is 19.7. The molecule has 0 saturated carbocycles. The van der Waals surface area contributed by atoms with Crippen molar-refractivity contribution in [2.75, 3.05) is 5.23 Å². The smallest absolute Gasteiger partial charge is 0.0794 e. The van der Waals surface area contributed by atoms with Crippen LogP contribution < -0.4 is 5.23 Å². The number of rotatable bonds is 3. The highest BCUT2D eigenvalue weighted by Gasteiger charge is 2.28. The van der Waals surface area contributed by atoms with Crippen LogP contribution in [0.1, 0.15) is 22.8 Å². The average Bonchev–Trinajstić information content (AvgIpc) is 2.85. The molecule has 4 rings (SSSR count). The van der Waals surface area contributed by atoms with Gasteiger partial charge in [-0.15, -0.1) is 0 Å². The summed E-state index contributed by atoms with van der Waals surface area (Å²) in [6.45, 7) is 0. The van der Waals surface area contributed by atoms with Gasteiger partial charge in [0.25, 0.3) is 0 Å². The van der Waals surface area contributed by atoms with Gasteiger partial charge in [0.15, 0.2) is 0 Å². The van der Waals surface area contributed by atoms with Crippen molar-refractivity contribution < 1.29 is 9.42 Å². The molecule has 1 aliphatic rings. The van der Waals surface area contributed by atoms with E-state index < -0.39 is 10.8 Å². The van der Waals surface area contributed by atoms with E-state index in [1.54, 1.807) is 18.2 Å². The SMILES string of the molecule is O=S1c2ccccc2N=C(c2ccccc2Cl)CC1c1ccc(N([O-])O)cc1. The maximum Gasteiger partial charge on any atom is 0.0794 e. The van der Waals surface area contributed by atoms with E-state index in [1.807, 2.05) is 42.5 Å². The second kappa shape index (κ2) is 7.85. The molecule has 2 atom stereocenters. The minimum Gasteiger partial charge on any atom is -0.733 e. The summed E-state index contributed by atoms with van der Waals surface area (Å²) in [6, 6.07) is 21.2. The largest absolute Gasteiger partial charge is 0.733 e. The Hall–Kier alpha value is -2.51. The number of hydrogen-bond acceptors (Lipinski definition) is 5. The van der Waals surface area contributed by atoms with Crippen LogP contribution in [0.5, 0.6) is 0 Å². The third kappa shape index (κ3) is 3.59. The van der Waals surface area contributed by atoms with Crippen LogP contribution >= 0.6 is 11.6 Å². The molecule has 3 aromatic rings. The van der Waals surface area contributed by atoms with Crippen molar-refractivity contribution in [2.24, 2.45) is 4.99 Å². The number of hydrogen-bond donors (Lipinski definition) is 1. The monoisotopic (exact) mass is 411 g/mol. The fourth-order valence-corrected chi connectivity index (χ4v) is 5.04. The molecule has 1 N–H and O–H groups in total. The Labute approximate surface area is 169 Å². The van der Waals surface area contributed by atoms with Gasteiger partial charge in [0.1, 0.15) is 0 Å². The van der Waals surface area contributed by atoms with Gasteiger partial charge in [0.05, 0.1) is 38.0 Å². The number of aliphatic imine (C=N–C) groups is 1. The lowest BCUT2D eigenvalue weighted by molar-refractivity contribution is 0.296. The van der Waals surface area contributed by atoms with Crippen molar-refractivity contribution in [1.29, 1.82) is 0 Å². The molecule has 0 amide bonds. The Balaban J connectivity index is 1.83. The van der Waals surface area contributed by atoms with Crippen LogP contribution in [0.2, 0.25) is 5.02 Å². The molecule has 142 valence electrons. The van der Waals surface area contributed by atoms with Crippen LogP contribution in [0, 0.1) is 5.21 Å². The van der Waals surface area contributed by atoms with E-state index in [0.29, 0.717) is 22.0 Å². The molecule has 5 nitrogen and oxygen atoms in total. The first-order valence-corrected chi connectivity index (χ1v) is 10.2. The third-order valence-corrected chi connectivity index (χ3v) is 6.71. The number of para-hydroxylation sites is 1. The highest BCUT2D eigenvalue weighted by atomic mass is 35.5. The van der Waals surface area contributed by atoms with Crippen LogP contribution in [-0.4, -0.2) is 15.1 Å². The van der Waals surface area contributed by atoms with E-state index in [0.717, 1.165) is 16.8 Å². The first-order valence-electron chi connectivity index (χ1n) is 8.63. The molecule has 3 aromatic carbocycles. The number of halogens is 1. The Bertz CT molecular complexity index is 1070. The summed E-state index contributed by atoms with van der Waals surface area (Å²) >= 11 is 6.40. The van der Waals surface area contributed by atoms with Gasteiger partial charge in [-0.25, -0.2) is 0 Å². The van der Waals surface area contributed by atoms with Crippen molar-refractivity contribution >= 4 is 39.5 Å².